The van der Waals surface area contributed by atoms with E-state index in [1.54, 1.807) is 25.1 Å². The summed E-state index contributed by atoms with van der Waals surface area (Å²) in [5.74, 6) is -1.27. The molecular weight excluding hydrogens is 396 g/mol. The molecule has 148 valence electrons. The van der Waals surface area contributed by atoms with Crippen molar-refractivity contribution in [3.05, 3.63) is 75.8 Å². The Balaban J connectivity index is 1.77. The zero-order valence-corrected chi connectivity index (χ0v) is 16.3. The normalized spacial score (nSPS) is 15.3. The molecule has 9 heteroatoms. The van der Waals surface area contributed by atoms with Crippen molar-refractivity contribution in [2.24, 2.45) is 0 Å². The van der Waals surface area contributed by atoms with Gasteiger partial charge in [0.25, 0.3) is 15.9 Å². The maximum atomic E-state index is 12.8. The fraction of sp³-hybridized carbons (Fsp3) is 0.100. The molecule has 8 nitrogen and oxygen atoms in total. The number of rotatable bonds is 2. The molecule has 3 aromatic rings. The number of sulfonamides is 1. The zero-order valence-electron chi connectivity index (χ0n) is 15.5. The first-order valence-corrected chi connectivity index (χ1v) is 10.0. The van der Waals surface area contributed by atoms with Crippen LogP contribution < -0.4 is 10.9 Å². The van der Waals surface area contributed by atoms with Crippen molar-refractivity contribution in [1.29, 1.82) is 0 Å². The summed E-state index contributed by atoms with van der Waals surface area (Å²) >= 11 is 0. The molecule has 1 aliphatic rings. The molecule has 0 bridgehead atoms. The summed E-state index contributed by atoms with van der Waals surface area (Å²) in [5, 5.41) is 13.8. The topological polar surface area (TPSA) is 117 Å². The van der Waals surface area contributed by atoms with Crippen molar-refractivity contribution in [3.8, 4) is 0 Å². The van der Waals surface area contributed by atoms with Gasteiger partial charge in [-0.15, -0.1) is 0 Å². The Bertz CT molecular complexity index is 1370. The third kappa shape index (κ3) is 2.95. The van der Waals surface area contributed by atoms with Crippen LogP contribution in [0.3, 0.4) is 0 Å². The van der Waals surface area contributed by atoms with Gasteiger partial charge >= 0.3 is 5.63 Å². The lowest BCUT2D eigenvalue weighted by Crippen LogP contribution is -2.37. The van der Waals surface area contributed by atoms with E-state index in [4.69, 9.17) is 4.42 Å². The summed E-state index contributed by atoms with van der Waals surface area (Å²) in [5.41, 5.74) is 0.408. The number of anilines is 1. The second kappa shape index (κ2) is 6.49. The SMILES string of the molecule is Cc1cc(=O)oc2cc(NC(=O)C3=C(O)c4ccccc4S(=O)(=O)N3C)ccc12. The van der Waals surface area contributed by atoms with Crippen molar-refractivity contribution >= 4 is 38.3 Å². The van der Waals surface area contributed by atoms with Crippen LogP contribution in [0.1, 0.15) is 11.1 Å². The monoisotopic (exact) mass is 412 g/mol. The molecule has 0 fully saturated rings. The van der Waals surface area contributed by atoms with Gasteiger partial charge in [-0.05, 0) is 36.8 Å². The van der Waals surface area contributed by atoms with E-state index < -0.39 is 33.0 Å². The van der Waals surface area contributed by atoms with Crippen molar-refractivity contribution in [1.82, 2.24) is 4.31 Å². The number of fused-ring (bicyclic) bond motifs is 2. The van der Waals surface area contributed by atoms with E-state index in [-0.39, 0.29) is 21.7 Å². The molecule has 0 saturated heterocycles. The number of aliphatic hydroxyl groups excluding tert-OH is 1. The van der Waals surface area contributed by atoms with Gasteiger partial charge in [-0.3, -0.25) is 9.10 Å². The summed E-state index contributed by atoms with van der Waals surface area (Å²) in [6.07, 6.45) is 0. The Labute approximate surface area is 165 Å². The van der Waals surface area contributed by atoms with Crippen molar-refractivity contribution in [2.45, 2.75) is 11.8 Å². The third-order valence-electron chi connectivity index (χ3n) is 4.74. The largest absolute Gasteiger partial charge is 0.505 e. The minimum Gasteiger partial charge on any atom is -0.505 e. The van der Waals surface area contributed by atoms with Gasteiger partial charge in [0.1, 0.15) is 5.58 Å². The summed E-state index contributed by atoms with van der Waals surface area (Å²) < 4.78 is 31.3. The Morgan fingerprint density at radius 1 is 1.14 bits per heavy atom. The third-order valence-corrected chi connectivity index (χ3v) is 6.56. The molecule has 0 aliphatic carbocycles. The van der Waals surface area contributed by atoms with Gasteiger partial charge in [-0.25, -0.2) is 13.2 Å². The predicted octanol–water partition coefficient (Wildman–Crippen LogP) is 2.60. The van der Waals surface area contributed by atoms with Crippen LogP contribution in [-0.4, -0.2) is 30.8 Å². The van der Waals surface area contributed by atoms with Gasteiger partial charge < -0.3 is 14.8 Å². The molecule has 0 unspecified atom stereocenters. The maximum Gasteiger partial charge on any atom is 0.336 e. The number of nitrogens with zero attached hydrogens (tertiary/aromatic N) is 1. The zero-order chi connectivity index (χ0) is 20.9. The van der Waals surface area contributed by atoms with Crippen LogP contribution in [0, 0.1) is 6.92 Å². The van der Waals surface area contributed by atoms with E-state index in [0.29, 0.717) is 5.39 Å². The van der Waals surface area contributed by atoms with E-state index in [9.17, 15) is 23.1 Å². The first-order valence-electron chi connectivity index (χ1n) is 8.57. The molecule has 1 aromatic heterocycles. The highest BCUT2D eigenvalue weighted by Gasteiger charge is 2.37. The molecule has 4 rings (SSSR count). The average molecular weight is 412 g/mol. The molecule has 2 heterocycles. The number of hydrogen-bond donors (Lipinski definition) is 2. The quantitative estimate of drug-likeness (QED) is 0.625. The Hall–Kier alpha value is -3.59. The number of aryl methyl sites for hydroxylation is 1. The summed E-state index contributed by atoms with van der Waals surface area (Å²) in [4.78, 5) is 24.3. The van der Waals surface area contributed by atoms with Gasteiger partial charge in [0.05, 0.1) is 4.90 Å². The molecule has 0 radical (unpaired) electrons. The standard InChI is InChI=1S/C20H16N2O6S/c1-11-9-17(23)28-15-10-12(7-8-13(11)15)21-20(25)18-19(24)14-5-3-4-6-16(14)29(26,27)22(18)2/h3-10,24H,1-2H3,(H,21,25). The average Bonchev–Trinajstić information content (AvgIpc) is 2.66. The first-order chi connectivity index (χ1) is 13.7. The second-order valence-electron chi connectivity index (χ2n) is 6.58. The van der Waals surface area contributed by atoms with E-state index in [2.05, 4.69) is 5.32 Å². The smallest absolute Gasteiger partial charge is 0.336 e. The highest BCUT2D eigenvalue weighted by Crippen LogP contribution is 2.34. The number of benzene rings is 2. The van der Waals surface area contributed by atoms with Crippen LogP contribution in [0.4, 0.5) is 5.69 Å². The van der Waals surface area contributed by atoms with Crippen LogP contribution in [0.25, 0.3) is 16.7 Å². The van der Waals surface area contributed by atoms with E-state index >= 15 is 0 Å². The summed E-state index contributed by atoms with van der Waals surface area (Å²) in [6.45, 7) is 1.76. The number of carbonyl (C=O) groups is 1. The molecular formula is C20H16N2O6S. The Morgan fingerprint density at radius 2 is 1.86 bits per heavy atom. The molecule has 0 spiro atoms. The summed E-state index contributed by atoms with van der Waals surface area (Å²) in [7, 11) is -2.80. The lowest BCUT2D eigenvalue weighted by atomic mass is 10.1. The van der Waals surface area contributed by atoms with Gasteiger partial charge in [-0.1, -0.05) is 12.1 Å². The van der Waals surface area contributed by atoms with Crippen LogP contribution in [-0.2, 0) is 14.8 Å². The number of hydrogen-bond acceptors (Lipinski definition) is 6. The Morgan fingerprint density at radius 3 is 2.62 bits per heavy atom. The van der Waals surface area contributed by atoms with E-state index in [0.717, 1.165) is 9.87 Å². The molecule has 0 atom stereocenters. The van der Waals surface area contributed by atoms with Gasteiger partial charge in [0, 0.05) is 35.8 Å². The van der Waals surface area contributed by atoms with Crippen molar-refractivity contribution < 1.29 is 22.7 Å². The molecule has 2 N–H and O–H groups in total. The molecule has 29 heavy (non-hydrogen) atoms. The lowest BCUT2D eigenvalue weighted by molar-refractivity contribution is -0.113. The van der Waals surface area contributed by atoms with Gasteiger partial charge in [0.2, 0.25) is 0 Å². The Kier molecular flexibility index (Phi) is 4.20. The van der Waals surface area contributed by atoms with Crippen LogP contribution in [0.2, 0.25) is 0 Å². The van der Waals surface area contributed by atoms with Gasteiger partial charge in [0.15, 0.2) is 11.5 Å². The molecule has 1 aliphatic heterocycles. The molecule has 1 amide bonds. The lowest BCUT2D eigenvalue weighted by Gasteiger charge is -2.28. The second-order valence-corrected chi connectivity index (χ2v) is 8.52. The van der Waals surface area contributed by atoms with Crippen LogP contribution in [0.5, 0.6) is 0 Å². The minimum atomic E-state index is -3.99. The van der Waals surface area contributed by atoms with Crippen LogP contribution >= 0.6 is 0 Å². The van der Waals surface area contributed by atoms with E-state index in [1.807, 2.05) is 0 Å². The fourth-order valence-corrected chi connectivity index (χ4v) is 4.67. The number of nitrogens with one attached hydrogen (secondary N) is 1. The highest BCUT2D eigenvalue weighted by atomic mass is 32.2. The number of aliphatic hydroxyl groups is 1. The van der Waals surface area contributed by atoms with Crippen LogP contribution in [0.15, 0.2) is 68.3 Å². The fourth-order valence-electron chi connectivity index (χ4n) is 3.28. The van der Waals surface area contributed by atoms with Crippen molar-refractivity contribution in [2.75, 3.05) is 12.4 Å². The number of amides is 1. The molecule has 0 saturated carbocycles. The number of likely N-dealkylation sites (N-methyl/N-ethyl adjacent to an activating group) is 1. The van der Waals surface area contributed by atoms with E-state index in [1.165, 1.54) is 37.4 Å². The summed E-state index contributed by atoms with van der Waals surface area (Å²) in [6, 6.07) is 12.0. The van der Waals surface area contributed by atoms with Crippen molar-refractivity contribution in [3.63, 3.8) is 0 Å². The first kappa shape index (κ1) is 18.8. The van der Waals surface area contributed by atoms with Gasteiger partial charge in [-0.2, -0.15) is 0 Å². The predicted molar refractivity (Wildman–Crippen MR) is 107 cm³/mol. The minimum absolute atomic E-state index is 0.0517. The molecule has 2 aromatic carbocycles. The highest BCUT2D eigenvalue weighted by molar-refractivity contribution is 7.89. The number of carbonyl (C=O) groups excluding carboxylic acids is 1. The maximum absolute atomic E-state index is 12.8.